The van der Waals surface area contributed by atoms with Crippen molar-refractivity contribution >= 4 is 23.4 Å². The lowest BCUT2D eigenvalue weighted by molar-refractivity contribution is 0.0378. The molecule has 8 heteroatoms. The molecule has 1 saturated heterocycles. The van der Waals surface area contributed by atoms with Crippen LogP contribution in [0, 0.1) is 5.82 Å². The second-order valence-electron chi connectivity index (χ2n) is 8.76. The molecule has 0 unspecified atom stereocenters. The molecule has 0 radical (unpaired) electrons. The van der Waals surface area contributed by atoms with E-state index in [1.165, 1.54) is 17.7 Å². The molecule has 1 aliphatic rings. The highest BCUT2D eigenvalue weighted by Crippen LogP contribution is 2.22. The number of esters is 1. The maximum absolute atomic E-state index is 13.9. The smallest absolute Gasteiger partial charge is 0.342 e. The Hall–Kier alpha value is -3.16. The minimum Gasteiger partial charge on any atom is -0.489 e. The van der Waals surface area contributed by atoms with Crippen molar-refractivity contribution < 1.29 is 18.7 Å². The zero-order chi connectivity index (χ0) is 24.8. The van der Waals surface area contributed by atoms with E-state index < -0.39 is 0 Å². The standard InChI is InChI=1S/C27H29ClFN3O3/c1-19(2)35-27(33)24-4-3-11-30-26(24)32-14-12-31(13-15-32)17-20-5-8-23(9-6-20)34-18-21-16-22(28)7-10-25(21)29/h3-11,16,19H,12-15,17-18H2,1-2H3. The number of hydrogen-bond donors (Lipinski definition) is 0. The predicted molar refractivity (Wildman–Crippen MR) is 134 cm³/mol. The largest absolute Gasteiger partial charge is 0.489 e. The van der Waals surface area contributed by atoms with Crippen molar-refractivity contribution in [1.82, 2.24) is 9.88 Å². The van der Waals surface area contributed by atoms with Crippen LogP contribution in [-0.4, -0.2) is 48.1 Å². The Kier molecular flexibility index (Phi) is 8.21. The van der Waals surface area contributed by atoms with E-state index in [-0.39, 0.29) is 24.5 Å². The number of aromatic nitrogens is 1. The molecule has 1 fully saturated rings. The topological polar surface area (TPSA) is 54.9 Å². The number of benzene rings is 2. The summed E-state index contributed by atoms with van der Waals surface area (Å²) in [7, 11) is 0. The van der Waals surface area contributed by atoms with Gasteiger partial charge in [0.05, 0.1) is 6.10 Å². The molecule has 0 bridgehead atoms. The zero-order valence-electron chi connectivity index (χ0n) is 19.9. The highest BCUT2D eigenvalue weighted by Gasteiger charge is 2.23. The summed E-state index contributed by atoms with van der Waals surface area (Å²) < 4.78 is 25.0. The lowest BCUT2D eigenvalue weighted by Gasteiger charge is -2.36. The van der Waals surface area contributed by atoms with Gasteiger partial charge in [-0.15, -0.1) is 0 Å². The molecular weight excluding hydrogens is 469 g/mol. The van der Waals surface area contributed by atoms with Crippen LogP contribution < -0.4 is 9.64 Å². The molecule has 1 aliphatic heterocycles. The average Bonchev–Trinajstić information content (AvgIpc) is 2.85. The number of halogens is 2. The van der Waals surface area contributed by atoms with Gasteiger partial charge in [-0.2, -0.15) is 0 Å². The first-order chi connectivity index (χ1) is 16.9. The first-order valence-electron chi connectivity index (χ1n) is 11.7. The number of hydrogen-bond acceptors (Lipinski definition) is 6. The normalized spacial score (nSPS) is 14.3. The number of pyridine rings is 1. The van der Waals surface area contributed by atoms with Gasteiger partial charge in [-0.3, -0.25) is 4.90 Å². The van der Waals surface area contributed by atoms with Crippen LogP contribution in [0.2, 0.25) is 5.02 Å². The van der Waals surface area contributed by atoms with Gasteiger partial charge in [0, 0.05) is 49.5 Å². The highest BCUT2D eigenvalue weighted by molar-refractivity contribution is 6.30. The fourth-order valence-corrected chi connectivity index (χ4v) is 4.16. The van der Waals surface area contributed by atoms with Crippen LogP contribution in [0.1, 0.15) is 35.3 Å². The van der Waals surface area contributed by atoms with Gasteiger partial charge in [0.1, 0.15) is 29.6 Å². The van der Waals surface area contributed by atoms with Crippen molar-refractivity contribution in [2.24, 2.45) is 0 Å². The van der Waals surface area contributed by atoms with Gasteiger partial charge in [-0.05, 0) is 61.9 Å². The lowest BCUT2D eigenvalue weighted by atomic mass is 10.1. The number of ether oxygens (including phenoxy) is 2. The summed E-state index contributed by atoms with van der Waals surface area (Å²) in [6, 6.07) is 15.8. The third-order valence-corrected chi connectivity index (χ3v) is 5.99. The van der Waals surface area contributed by atoms with Crippen LogP contribution in [0.5, 0.6) is 5.75 Å². The summed E-state index contributed by atoms with van der Waals surface area (Å²) in [5, 5.41) is 0.482. The minimum absolute atomic E-state index is 0.119. The van der Waals surface area contributed by atoms with Crippen LogP contribution in [0.15, 0.2) is 60.8 Å². The van der Waals surface area contributed by atoms with Crippen molar-refractivity contribution in [3.8, 4) is 5.75 Å². The maximum atomic E-state index is 13.9. The average molecular weight is 498 g/mol. The number of carbonyl (C=O) groups excluding carboxylic acids is 1. The van der Waals surface area contributed by atoms with Crippen molar-refractivity contribution in [3.05, 3.63) is 88.3 Å². The molecule has 0 saturated carbocycles. The summed E-state index contributed by atoms with van der Waals surface area (Å²) in [6.07, 6.45) is 1.53. The van der Waals surface area contributed by atoms with Gasteiger partial charge >= 0.3 is 5.97 Å². The van der Waals surface area contributed by atoms with Crippen LogP contribution in [0.4, 0.5) is 10.2 Å². The molecule has 1 aromatic heterocycles. The summed E-state index contributed by atoms with van der Waals surface area (Å²) in [5.74, 6) is 0.676. The summed E-state index contributed by atoms with van der Waals surface area (Å²) in [6.45, 7) is 7.84. The van der Waals surface area contributed by atoms with E-state index in [9.17, 15) is 9.18 Å². The Bertz CT molecular complexity index is 1150. The third kappa shape index (κ3) is 6.71. The van der Waals surface area contributed by atoms with Gasteiger partial charge in [-0.1, -0.05) is 23.7 Å². The molecule has 3 aromatic rings. The van der Waals surface area contributed by atoms with Crippen molar-refractivity contribution in [3.63, 3.8) is 0 Å². The molecule has 2 heterocycles. The van der Waals surface area contributed by atoms with Gasteiger partial charge in [0.15, 0.2) is 0 Å². The van der Waals surface area contributed by atoms with Crippen molar-refractivity contribution in [2.75, 3.05) is 31.1 Å². The van der Waals surface area contributed by atoms with Crippen LogP contribution in [-0.2, 0) is 17.9 Å². The summed E-state index contributed by atoms with van der Waals surface area (Å²) >= 11 is 5.94. The monoisotopic (exact) mass is 497 g/mol. The van der Waals surface area contributed by atoms with E-state index in [0.29, 0.717) is 27.7 Å². The lowest BCUT2D eigenvalue weighted by Crippen LogP contribution is -2.46. The zero-order valence-corrected chi connectivity index (χ0v) is 20.7. The summed E-state index contributed by atoms with van der Waals surface area (Å²) in [4.78, 5) is 21.4. The predicted octanol–water partition coefficient (Wildman–Crippen LogP) is 5.34. The van der Waals surface area contributed by atoms with Crippen LogP contribution >= 0.6 is 11.6 Å². The van der Waals surface area contributed by atoms with Gasteiger partial charge in [0.2, 0.25) is 0 Å². The number of anilines is 1. The first kappa shape index (κ1) is 24.9. The van der Waals surface area contributed by atoms with Crippen LogP contribution in [0.25, 0.3) is 0 Å². The minimum atomic E-state index is -0.342. The molecule has 184 valence electrons. The molecule has 0 aliphatic carbocycles. The molecular formula is C27H29ClFN3O3. The van der Waals surface area contributed by atoms with Crippen molar-refractivity contribution in [2.45, 2.75) is 33.1 Å². The second kappa shape index (κ2) is 11.5. The van der Waals surface area contributed by atoms with Gasteiger partial charge in [-0.25, -0.2) is 14.2 Å². The molecule has 2 aromatic carbocycles. The van der Waals surface area contributed by atoms with E-state index in [1.807, 2.05) is 38.1 Å². The SMILES string of the molecule is CC(C)OC(=O)c1cccnc1N1CCN(Cc2ccc(OCc3cc(Cl)ccc3F)cc2)CC1. The Balaban J connectivity index is 1.29. The van der Waals surface area contributed by atoms with E-state index in [1.54, 1.807) is 24.4 Å². The number of rotatable bonds is 8. The van der Waals surface area contributed by atoms with E-state index in [4.69, 9.17) is 21.1 Å². The maximum Gasteiger partial charge on any atom is 0.342 e. The quantitative estimate of drug-likeness (QED) is 0.391. The number of piperazine rings is 1. The Morgan fingerprint density at radius 1 is 1.09 bits per heavy atom. The number of nitrogens with zero attached hydrogens (tertiary/aromatic N) is 3. The fourth-order valence-electron chi connectivity index (χ4n) is 3.97. The molecule has 4 rings (SSSR count). The highest BCUT2D eigenvalue weighted by atomic mass is 35.5. The fraction of sp³-hybridized carbons (Fsp3) is 0.333. The van der Waals surface area contributed by atoms with Gasteiger partial charge < -0.3 is 14.4 Å². The summed E-state index contributed by atoms with van der Waals surface area (Å²) in [5.41, 5.74) is 2.09. The first-order valence-corrected chi connectivity index (χ1v) is 12.1. The van der Waals surface area contributed by atoms with E-state index >= 15 is 0 Å². The third-order valence-electron chi connectivity index (χ3n) is 5.75. The Morgan fingerprint density at radius 2 is 1.83 bits per heavy atom. The molecule has 0 N–H and O–H groups in total. The molecule has 0 atom stereocenters. The van der Waals surface area contributed by atoms with E-state index in [0.717, 1.165) is 32.7 Å². The van der Waals surface area contributed by atoms with Crippen LogP contribution in [0.3, 0.4) is 0 Å². The van der Waals surface area contributed by atoms with E-state index in [2.05, 4.69) is 14.8 Å². The Morgan fingerprint density at radius 3 is 2.54 bits per heavy atom. The number of carbonyl (C=O) groups is 1. The Labute approximate surface area is 210 Å². The molecule has 0 amide bonds. The molecule has 35 heavy (non-hydrogen) atoms. The van der Waals surface area contributed by atoms with Gasteiger partial charge in [0.25, 0.3) is 0 Å². The second-order valence-corrected chi connectivity index (χ2v) is 9.20. The van der Waals surface area contributed by atoms with Crippen molar-refractivity contribution in [1.29, 1.82) is 0 Å². The molecule has 0 spiro atoms. The molecule has 6 nitrogen and oxygen atoms in total.